The van der Waals surface area contributed by atoms with Crippen molar-refractivity contribution in [3.8, 4) is 0 Å². The highest BCUT2D eigenvalue weighted by Gasteiger charge is 2.35. The lowest BCUT2D eigenvalue weighted by Gasteiger charge is -2.12. The summed E-state index contributed by atoms with van der Waals surface area (Å²) in [6, 6.07) is 1.30. The second-order valence-corrected chi connectivity index (χ2v) is 7.95. The molecule has 29 heavy (non-hydrogen) atoms. The van der Waals surface area contributed by atoms with Crippen molar-refractivity contribution in [2.24, 2.45) is 7.05 Å². The Morgan fingerprint density at radius 2 is 1.93 bits per heavy atom. The third-order valence-corrected chi connectivity index (χ3v) is 5.47. The van der Waals surface area contributed by atoms with E-state index in [1.807, 2.05) is 11.6 Å². The summed E-state index contributed by atoms with van der Waals surface area (Å²) < 4.78 is 80.6. The van der Waals surface area contributed by atoms with Gasteiger partial charge < -0.3 is 9.88 Å². The van der Waals surface area contributed by atoms with Crippen LogP contribution in [0, 0.1) is 12.7 Å². The number of carbonyl (C=O) groups excluding carboxylic acids is 1. The van der Waals surface area contributed by atoms with Crippen molar-refractivity contribution < 1.29 is 30.8 Å². The van der Waals surface area contributed by atoms with Crippen LogP contribution in [0.2, 0.25) is 0 Å². The molecule has 0 bridgehead atoms. The molecule has 0 fully saturated rings. The Kier molecular flexibility index (Phi) is 6.56. The quantitative estimate of drug-likeness (QED) is 0.515. The number of nitrogens with one attached hydrogen (secondary N) is 2. The molecule has 2 rings (SSSR count). The number of hydrogen-bond donors (Lipinski definition) is 2. The number of rotatable bonds is 7. The molecule has 1 heterocycles. The summed E-state index contributed by atoms with van der Waals surface area (Å²) in [6.07, 6.45) is -3.53. The standard InChI is InChI=1S/C17H20F4N4O3S/c1-4-5-8-22-16(26)14-15(23-10(2)25(14)3)24-29(27,28)11-6-7-13(18)12(9-11)17(19,20)21/h6-7,9,24H,4-5,8H2,1-3H3,(H,22,26). The maximum atomic E-state index is 13.5. The largest absolute Gasteiger partial charge is 0.419 e. The Morgan fingerprint density at radius 3 is 2.52 bits per heavy atom. The topological polar surface area (TPSA) is 93.1 Å². The number of carbonyl (C=O) groups is 1. The minimum absolute atomic E-state index is 0.0969. The van der Waals surface area contributed by atoms with Crippen LogP contribution in [-0.4, -0.2) is 30.4 Å². The van der Waals surface area contributed by atoms with Gasteiger partial charge in [0.1, 0.15) is 11.6 Å². The average molecular weight is 436 g/mol. The van der Waals surface area contributed by atoms with Crippen LogP contribution < -0.4 is 10.0 Å². The Hall–Kier alpha value is -2.63. The van der Waals surface area contributed by atoms with Crippen LogP contribution >= 0.6 is 0 Å². The lowest BCUT2D eigenvalue weighted by molar-refractivity contribution is -0.140. The molecule has 0 aliphatic carbocycles. The van der Waals surface area contributed by atoms with E-state index in [-0.39, 0.29) is 17.6 Å². The molecule has 0 unspecified atom stereocenters. The summed E-state index contributed by atoms with van der Waals surface area (Å²) in [7, 11) is -3.08. The highest BCUT2D eigenvalue weighted by atomic mass is 32.2. The van der Waals surface area contributed by atoms with Crippen LogP contribution in [0.4, 0.5) is 23.4 Å². The Bertz CT molecular complexity index is 1020. The first kappa shape index (κ1) is 22.7. The monoisotopic (exact) mass is 436 g/mol. The summed E-state index contributed by atoms with van der Waals surface area (Å²) in [5.74, 6) is -2.22. The maximum Gasteiger partial charge on any atom is 0.419 e. The number of amides is 1. The number of unbranched alkanes of at least 4 members (excludes halogenated alkanes) is 1. The summed E-state index contributed by atoms with van der Waals surface area (Å²) in [5, 5.41) is 2.62. The first-order valence-corrected chi connectivity index (χ1v) is 10.1. The van der Waals surface area contributed by atoms with Crippen molar-refractivity contribution in [3.05, 3.63) is 41.1 Å². The SMILES string of the molecule is CCCCNC(=O)c1c(NS(=O)(=O)c2ccc(F)c(C(F)(F)F)c2)nc(C)n1C. The highest BCUT2D eigenvalue weighted by Crippen LogP contribution is 2.33. The summed E-state index contributed by atoms with van der Waals surface area (Å²) in [6.45, 7) is 3.82. The predicted octanol–water partition coefficient (Wildman–Crippen LogP) is 3.22. The van der Waals surface area contributed by atoms with E-state index in [1.54, 1.807) is 0 Å². The number of halogens is 4. The summed E-state index contributed by atoms with van der Waals surface area (Å²) in [4.78, 5) is 15.6. The molecular weight excluding hydrogens is 416 g/mol. The molecule has 1 amide bonds. The second-order valence-electron chi connectivity index (χ2n) is 6.27. The van der Waals surface area contributed by atoms with Gasteiger partial charge in [-0.1, -0.05) is 13.3 Å². The van der Waals surface area contributed by atoms with Gasteiger partial charge in [0.15, 0.2) is 11.5 Å². The molecule has 0 saturated heterocycles. The number of sulfonamides is 1. The van der Waals surface area contributed by atoms with Crippen LogP contribution in [0.5, 0.6) is 0 Å². The van der Waals surface area contributed by atoms with Crippen molar-refractivity contribution in [1.29, 1.82) is 0 Å². The van der Waals surface area contributed by atoms with E-state index in [9.17, 15) is 30.8 Å². The second kappa shape index (κ2) is 8.39. The number of alkyl halides is 3. The first-order chi connectivity index (χ1) is 13.4. The van der Waals surface area contributed by atoms with Gasteiger partial charge in [0.05, 0.1) is 10.5 Å². The third-order valence-electron chi connectivity index (χ3n) is 4.13. The zero-order valence-corrected chi connectivity index (χ0v) is 16.7. The molecule has 0 saturated carbocycles. The highest BCUT2D eigenvalue weighted by molar-refractivity contribution is 7.92. The van der Waals surface area contributed by atoms with Crippen molar-refractivity contribution in [1.82, 2.24) is 14.9 Å². The summed E-state index contributed by atoms with van der Waals surface area (Å²) >= 11 is 0. The van der Waals surface area contributed by atoms with Crippen LogP contribution in [0.3, 0.4) is 0 Å². The number of nitrogens with zero attached hydrogens (tertiary/aromatic N) is 2. The molecular formula is C17H20F4N4O3S. The van der Waals surface area contributed by atoms with Gasteiger partial charge in [-0.05, 0) is 31.5 Å². The van der Waals surface area contributed by atoms with Crippen molar-refractivity contribution in [2.45, 2.75) is 37.8 Å². The van der Waals surface area contributed by atoms with Gasteiger partial charge in [0.2, 0.25) is 0 Å². The normalized spacial score (nSPS) is 12.1. The molecule has 0 atom stereocenters. The van der Waals surface area contributed by atoms with Crippen LogP contribution in [-0.2, 0) is 23.2 Å². The Balaban J connectivity index is 2.41. The average Bonchev–Trinajstić information content (AvgIpc) is 2.87. The van der Waals surface area contributed by atoms with Crippen LogP contribution in [0.15, 0.2) is 23.1 Å². The number of aromatic nitrogens is 2. The van der Waals surface area contributed by atoms with Crippen molar-refractivity contribution >= 4 is 21.7 Å². The van der Waals surface area contributed by atoms with E-state index in [0.717, 1.165) is 6.42 Å². The number of anilines is 1. The van der Waals surface area contributed by atoms with E-state index < -0.39 is 38.4 Å². The van der Waals surface area contributed by atoms with E-state index in [2.05, 4.69) is 10.3 Å². The van der Waals surface area contributed by atoms with Crippen molar-refractivity contribution in [3.63, 3.8) is 0 Å². The van der Waals surface area contributed by atoms with Crippen molar-refractivity contribution in [2.75, 3.05) is 11.3 Å². The fraction of sp³-hybridized carbons (Fsp3) is 0.412. The molecule has 0 spiro atoms. The fourth-order valence-electron chi connectivity index (χ4n) is 2.48. The third kappa shape index (κ3) is 5.05. The van der Waals surface area contributed by atoms with Crippen LogP contribution in [0.1, 0.15) is 41.6 Å². The molecule has 0 aliphatic rings. The van der Waals surface area contributed by atoms with Gasteiger partial charge in [-0.2, -0.15) is 13.2 Å². The lowest BCUT2D eigenvalue weighted by atomic mass is 10.2. The van der Waals surface area contributed by atoms with Gasteiger partial charge in [0, 0.05) is 13.6 Å². The molecule has 2 aromatic rings. The number of imidazole rings is 1. The number of hydrogen-bond acceptors (Lipinski definition) is 4. The predicted molar refractivity (Wildman–Crippen MR) is 97.4 cm³/mol. The molecule has 7 nitrogen and oxygen atoms in total. The smallest absolute Gasteiger partial charge is 0.351 e. The van der Waals surface area contributed by atoms with E-state index >= 15 is 0 Å². The first-order valence-electron chi connectivity index (χ1n) is 8.59. The minimum atomic E-state index is -5.07. The van der Waals surface area contributed by atoms with Gasteiger partial charge in [0.25, 0.3) is 15.9 Å². The van der Waals surface area contributed by atoms with Gasteiger partial charge in [-0.25, -0.2) is 17.8 Å². The van der Waals surface area contributed by atoms with Gasteiger partial charge in [-0.15, -0.1) is 0 Å². The zero-order valence-electron chi connectivity index (χ0n) is 15.9. The zero-order chi connectivity index (χ0) is 22.0. The number of aryl methyl sites for hydroxylation is 1. The Labute approximate surface area is 165 Å². The maximum absolute atomic E-state index is 13.5. The minimum Gasteiger partial charge on any atom is -0.351 e. The molecule has 12 heteroatoms. The molecule has 1 aromatic heterocycles. The molecule has 0 radical (unpaired) electrons. The van der Waals surface area contributed by atoms with Gasteiger partial charge >= 0.3 is 6.18 Å². The van der Waals surface area contributed by atoms with E-state index in [4.69, 9.17) is 0 Å². The molecule has 160 valence electrons. The lowest BCUT2D eigenvalue weighted by Crippen LogP contribution is -2.28. The molecule has 0 aliphatic heterocycles. The number of benzene rings is 1. The Morgan fingerprint density at radius 1 is 1.28 bits per heavy atom. The van der Waals surface area contributed by atoms with E-state index in [1.165, 1.54) is 18.5 Å². The fourth-order valence-corrected chi connectivity index (χ4v) is 3.51. The summed E-state index contributed by atoms with van der Waals surface area (Å²) in [5.41, 5.74) is -1.81. The van der Waals surface area contributed by atoms with E-state index in [0.29, 0.717) is 30.9 Å². The van der Waals surface area contributed by atoms with Crippen LogP contribution in [0.25, 0.3) is 0 Å². The van der Waals surface area contributed by atoms with Gasteiger partial charge in [-0.3, -0.25) is 9.52 Å². The molecule has 1 aromatic carbocycles. The molecule has 2 N–H and O–H groups in total.